The number of carboxylic acid groups (broad SMARTS) is 1. The number of esters is 3. The van der Waals surface area contributed by atoms with Gasteiger partial charge in [-0.2, -0.15) is 0 Å². The smallest absolute Gasteiger partial charge is 0.344 e. The van der Waals surface area contributed by atoms with E-state index in [0.717, 1.165) is 33.8 Å². The summed E-state index contributed by atoms with van der Waals surface area (Å²) in [4.78, 5) is 65.0. The molecule has 15 nitrogen and oxygen atoms in total. The number of carboxylic acids is 1. The lowest BCUT2D eigenvalue weighted by atomic mass is 9.47. The summed E-state index contributed by atoms with van der Waals surface area (Å²) >= 11 is 0. The third-order valence-electron chi connectivity index (χ3n) is 16.5. The van der Waals surface area contributed by atoms with E-state index in [2.05, 4.69) is 20.9 Å². The van der Waals surface area contributed by atoms with Crippen molar-refractivity contribution in [1.29, 1.82) is 0 Å². The first-order valence-corrected chi connectivity index (χ1v) is 22.7. The number of aromatic amines is 1. The maximum absolute atomic E-state index is 15.5. The number of fused-ring (bicyclic) bond motifs is 6. The first kappa shape index (κ1) is 44.4. The minimum atomic E-state index is -2.33. The van der Waals surface area contributed by atoms with Crippen molar-refractivity contribution in [1.82, 2.24) is 19.7 Å². The average molecular weight is 883 g/mol. The molecule has 6 heterocycles. The van der Waals surface area contributed by atoms with Gasteiger partial charge in [0.2, 0.25) is 5.60 Å². The van der Waals surface area contributed by atoms with Gasteiger partial charge in [-0.3, -0.25) is 19.4 Å². The number of likely N-dealkylation sites (tertiary alicyclic amines) is 1. The number of carbonyl (C=O) groups excluding carboxylic acids is 3. The van der Waals surface area contributed by atoms with E-state index in [4.69, 9.17) is 18.9 Å². The standard InChI is InChI=1S/C49H62N4O11/c1-8-45(59)24-30-25-48(43(57)62-6,39-31(15-19-52(26-30)27-45)32-21-29(12-14-38(55)56)11-13-35(32)50-39)34-22-33-36(23-37(34)61-5)51(4)41-47(33)17-20-53-18-10-16-46(9-2,40(47)53)42(64-28(3)54)49(41,60)44(58)63-7/h10-14,16,21-23,30,34,37,40-42,50,59-60H,8-9,15,17-20,24-27H2,1-7H3,(H,55,56)/b14-12+/t30-,34?,37?,40+,41-,42-,45+,46-,47-,48+,49+/m1/s1. The number of H-pyrrole nitrogens is 1. The van der Waals surface area contributed by atoms with Gasteiger partial charge in [0, 0.05) is 98.4 Å². The number of carbonyl (C=O) groups is 4. The predicted octanol–water partition coefficient (Wildman–Crippen LogP) is 3.73. The topological polar surface area (TPSA) is 191 Å². The van der Waals surface area contributed by atoms with E-state index < -0.39 is 75.5 Å². The normalized spacial score (nSPS) is 38.8. The fourth-order valence-electron chi connectivity index (χ4n) is 14.3. The Balaban J connectivity index is 1.33. The number of benzene rings is 1. The lowest BCUT2D eigenvalue weighted by Crippen LogP contribution is -2.79. The third-order valence-corrected chi connectivity index (χ3v) is 16.5. The molecule has 15 heteroatoms. The molecule has 3 unspecified atom stereocenters. The molecule has 1 aromatic carbocycles. The quantitative estimate of drug-likeness (QED) is 0.123. The molecule has 2 aromatic rings. The summed E-state index contributed by atoms with van der Waals surface area (Å²) in [5.74, 6) is -3.91. The summed E-state index contributed by atoms with van der Waals surface area (Å²) in [5.41, 5.74) is -2.02. The number of aromatic nitrogens is 1. The maximum Gasteiger partial charge on any atom is 0.344 e. The van der Waals surface area contributed by atoms with E-state index in [0.29, 0.717) is 82.5 Å². The van der Waals surface area contributed by atoms with Crippen molar-refractivity contribution < 1.29 is 53.4 Å². The van der Waals surface area contributed by atoms with Crippen molar-refractivity contribution in [3.05, 3.63) is 76.7 Å². The number of rotatable bonds is 9. The van der Waals surface area contributed by atoms with Gasteiger partial charge < -0.3 is 44.2 Å². The van der Waals surface area contributed by atoms with Gasteiger partial charge in [-0.15, -0.1) is 0 Å². The third kappa shape index (κ3) is 6.09. The second-order valence-electron chi connectivity index (χ2n) is 19.5. The lowest BCUT2D eigenvalue weighted by molar-refractivity contribution is -0.243. The molecule has 7 aliphatic rings. The highest BCUT2D eigenvalue weighted by Crippen LogP contribution is 2.70. The number of aliphatic hydroxyl groups is 2. The largest absolute Gasteiger partial charge is 0.478 e. The van der Waals surface area contributed by atoms with Crippen LogP contribution in [0.4, 0.5) is 0 Å². The van der Waals surface area contributed by atoms with Crippen molar-refractivity contribution in [2.24, 2.45) is 22.7 Å². The number of ether oxygens (including phenoxy) is 4. The number of nitrogens with one attached hydrogen (secondary N) is 1. The molecule has 1 aromatic heterocycles. The maximum atomic E-state index is 15.5. The summed E-state index contributed by atoms with van der Waals surface area (Å²) in [6, 6.07) is 4.43. The van der Waals surface area contributed by atoms with E-state index in [1.54, 1.807) is 13.2 Å². The molecule has 4 N–H and O–H groups in total. The molecule has 344 valence electrons. The molecule has 64 heavy (non-hydrogen) atoms. The van der Waals surface area contributed by atoms with Crippen LogP contribution in [0.5, 0.6) is 0 Å². The first-order chi connectivity index (χ1) is 30.5. The molecule has 2 aliphatic carbocycles. The molecule has 4 fully saturated rings. The molecule has 9 rings (SSSR count). The highest BCUT2D eigenvalue weighted by molar-refractivity contribution is 5.93. The number of piperidine rings is 1. The number of allylic oxidation sites excluding steroid dienone is 1. The number of likely N-dealkylation sites (N-methyl/N-ethyl adjacent to an activating group) is 1. The average Bonchev–Trinajstić information content (AvgIpc) is 3.94. The van der Waals surface area contributed by atoms with Crippen LogP contribution in [0, 0.1) is 22.7 Å². The van der Waals surface area contributed by atoms with E-state index in [-0.39, 0.29) is 12.0 Å². The minimum Gasteiger partial charge on any atom is -0.478 e. The van der Waals surface area contributed by atoms with E-state index in [9.17, 15) is 29.7 Å². The Bertz CT molecular complexity index is 2410. The molecule has 1 spiro atoms. The highest BCUT2D eigenvalue weighted by Gasteiger charge is 2.81. The van der Waals surface area contributed by atoms with Crippen LogP contribution in [0.25, 0.3) is 17.0 Å². The van der Waals surface area contributed by atoms with E-state index in [1.165, 1.54) is 21.1 Å². The Morgan fingerprint density at radius 3 is 2.42 bits per heavy atom. The van der Waals surface area contributed by atoms with Crippen LogP contribution in [-0.4, -0.2) is 155 Å². The molecule has 1 saturated carbocycles. The molecule has 3 saturated heterocycles. The fraction of sp³-hybridized carbons (Fsp3) is 0.592. The van der Waals surface area contributed by atoms with Crippen LogP contribution < -0.4 is 0 Å². The van der Waals surface area contributed by atoms with Gasteiger partial charge >= 0.3 is 23.9 Å². The number of hydrogen-bond donors (Lipinski definition) is 4. The highest BCUT2D eigenvalue weighted by atomic mass is 16.6. The lowest BCUT2D eigenvalue weighted by Gasteiger charge is -2.63. The molecule has 0 amide bonds. The zero-order chi connectivity index (χ0) is 45.7. The molecule has 2 bridgehead atoms. The Kier molecular flexibility index (Phi) is 10.9. The SMILES string of the molecule is CC[C@]1(O)C[C@H]2CN(CCc3c([nH]c4ccc(/C=C/C(=O)O)cc34)[C@@](C(=O)OC)(C3C=C4C(=CC3OC)N(C)[C@H]3[C@@](O)(C(=O)OC)[C@H](OC(C)=O)[C@]5(CC)C=CCN6CC[C@]43[C@@H]65)C2)C1. The van der Waals surface area contributed by atoms with Gasteiger partial charge in [-0.1, -0.05) is 38.1 Å². The Labute approximate surface area is 373 Å². The van der Waals surface area contributed by atoms with Gasteiger partial charge in [-0.05, 0) is 92.0 Å². The Morgan fingerprint density at radius 2 is 1.75 bits per heavy atom. The van der Waals surface area contributed by atoms with E-state index >= 15 is 4.79 Å². The zero-order valence-electron chi connectivity index (χ0n) is 37.9. The van der Waals surface area contributed by atoms with Crippen LogP contribution in [0.1, 0.15) is 69.7 Å². The number of hydrogen-bond acceptors (Lipinski definition) is 13. The number of aliphatic carboxylic acids is 1. The van der Waals surface area contributed by atoms with Gasteiger partial charge in [0.15, 0.2) is 6.10 Å². The second kappa shape index (κ2) is 15.7. The molecular weight excluding hydrogens is 821 g/mol. The van der Waals surface area contributed by atoms with Crippen LogP contribution in [-0.2, 0) is 50.0 Å². The van der Waals surface area contributed by atoms with Gasteiger partial charge in [0.1, 0.15) is 5.41 Å². The predicted molar refractivity (Wildman–Crippen MR) is 236 cm³/mol. The summed E-state index contributed by atoms with van der Waals surface area (Å²) < 4.78 is 24.1. The van der Waals surface area contributed by atoms with Crippen LogP contribution in [0.3, 0.4) is 0 Å². The van der Waals surface area contributed by atoms with Crippen molar-refractivity contribution in [2.45, 2.75) is 100 Å². The second-order valence-corrected chi connectivity index (χ2v) is 19.5. The fourth-order valence-corrected chi connectivity index (χ4v) is 14.3. The van der Waals surface area contributed by atoms with Gasteiger partial charge in [0.25, 0.3) is 0 Å². The van der Waals surface area contributed by atoms with Gasteiger partial charge in [0.05, 0.1) is 32.0 Å². The number of methoxy groups -OCH3 is 3. The molecule has 0 radical (unpaired) electrons. The molecule has 5 aliphatic heterocycles. The number of nitrogens with zero attached hydrogens (tertiary/aromatic N) is 3. The van der Waals surface area contributed by atoms with Crippen molar-refractivity contribution in [2.75, 3.05) is 61.1 Å². The summed E-state index contributed by atoms with van der Waals surface area (Å²) in [6.45, 7) is 8.30. The first-order valence-electron chi connectivity index (χ1n) is 22.7. The minimum absolute atomic E-state index is 0.149. The van der Waals surface area contributed by atoms with Crippen LogP contribution in [0.15, 0.2) is 59.8 Å². The van der Waals surface area contributed by atoms with Crippen molar-refractivity contribution in [3.8, 4) is 0 Å². The molecule has 12 atom stereocenters. The summed E-state index contributed by atoms with van der Waals surface area (Å²) in [6.07, 6.45) is 11.7. The Morgan fingerprint density at radius 1 is 0.984 bits per heavy atom. The summed E-state index contributed by atoms with van der Waals surface area (Å²) in [7, 11) is 6.12. The Hall–Kier alpha value is -4.80. The zero-order valence-corrected chi connectivity index (χ0v) is 37.9. The molecular formula is C49H62N4O11. The van der Waals surface area contributed by atoms with Crippen LogP contribution >= 0.6 is 0 Å². The van der Waals surface area contributed by atoms with Crippen LogP contribution in [0.2, 0.25) is 0 Å². The van der Waals surface area contributed by atoms with Crippen molar-refractivity contribution in [3.63, 3.8) is 0 Å². The van der Waals surface area contributed by atoms with Gasteiger partial charge in [-0.25, -0.2) is 9.59 Å². The van der Waals surface area contributed by atoms with E-state index in [1.807, 2.05) is 62.2 Å². The van der Waals surface area contributed by atoms with Crippen molar-refractivity contribution >= 4 is 40.9 Å². The monoisotopic (exact) mass is 882 g/mol. The summed E-state index contributed by atoms with van der Waals surface area (Å²) in [5, 5.41) is 35.8.